The van der Waals surface area contributed by atoms with Crippen molar-refractivity contribution in [2.24, 2.45) is 0 Å². The first-order valence-electron chi connectivity index (χ1n) is 8.66. The smallest absolute Gasteiger partial charge is 0.277 e. The van der Waals surface area contributed by atoms with Crippen molar-refractivity contribution in [2.45, 2.75) is 37.3 Å². The summed E-state index contributed by atoms with van der Waals surface area (Å²) in [5.41, 5.74) is 2.73. The van der Waals surface area contributed by atoms with Gasteiger partial charge in [0.25, 0.3) is 5.22 Å². The molecular weight excluding hydrogens is 417 g/mol. The maximum absolute atomic E-state index is 12.5. The van der Waals surface area contributed by atoms with Crippen LogP contribution in [0.1, 0.15) is 31.0 Å². The molecule has 1 heterocycles. The van der Waals surface area contributed by atoms with Crippen LogP contribution in [0.4, 0.5) is 0 Å². The van der Waals surface area contributed by atoms with E-state index in [1.165, 1.54) is 11.8 Å². The van der Waals surface area contributed by atoms with E-state index >= 15 is 0 Å². The van der Waals surface area contributed by atoms with Crippen LogP contribution in [0.25, 0.3) is 11.5 Å². The van der Waals surface area contributed by atoms with Gasteiger partial charge in [-0.1, -0.05) is 59.2 Å². The van der Waals surface area contributed by atoms with Gasteiger partial charge in [0, 0.05) is 15.6 Å². The van der Waals surface area contributed by atoms with Crippen molar-refractivity contribution in [3.63, 3.8) is 0 Å². The third-order valence-corrected chi connectivity index (χ3v) is 5.71. The molecule has 0 aliphatic rings. The molecule has 0 fully saturated rings. The molecule has 0 aliphatic carbocycles. The second-order valence-electron chi connectivity index (χ2n) is 6.34. The first-order chi connectivity index (χ1) is 13.3. The SMILES string of the molecule is Cc1ccccc1-c1nnc(S[C@H](C)C(=O)N[C@H](C)c2ccc(Cl)cc2Cl)o1. The van der Waals surface area contributed by atoms with E-state index in [1.807, 2.05) is 38.1 Å². The number of rotatable bonds is 6. The number of aryl methyl sites for hydroxylation is 1. The Balaban J connectivity index is 1.64. The minimum atomic E-state index is -0.418. The predicted molar refractivity (Wildman–Crippen MR) is 113 cm³/mol. The molecule has 3 rings (SSSR count). The van der Waals surface area contributed by atoms with Gasteiger partial charge in [-0.15, -0.1) is 10.2 Å². The van der Waals surface area contributed by atoms with E-state index in [0.717, 1.165) is 16.7 Å². The van der Waals surface area contributed by atoms with E-state index in [-0.39, 0.29) is 11.9 Å². The zero-order valence-corrected chi connectivity index (χ0v) is 17.9. The molecule has 1 amide bonds. The first-order valence-corrected chi connectivity index (χ1v) is 10.3. The highest BCUT2D eigenvalue weighted by Crippen LogP contribution is 2.29. The van der Waals surface area contributed by atoms with Crippen molar-refractivity contribution in [2.75, 3.05) is 0 Å². The summed E-state index contributed by atoms with van der Waals surface area (Å²) in [4.78, 5) is 12.5. The molecule has 28 heavy (non-hydrogen) atoms. The van der Waals surface area contributed by atoms with E-state index in [2.05, 4.69) is 15.5 Å². The van der Waals surface area contributed by atoms with Crippen molar-refractivity contribution in [3.05, 3.63) is 63.6 Å². The van der Waals surface area contributed by atoms with Crippen molar-refractivity contribution in [1.29, 1.82) is 0 Å². The van der Waals surface area contributed by atoms with Gasteiger partial charge in [-0.05, 0) is 50.1 Å². The minimum Gasteiger partial charge on any atom is -0.411 e. The molecule has 0 radical (unpaired) electrons. The first kappa shape index (κ1) is 20.7. The molecule has 0 spiro atoms. The van der Waals surface area contributed by atoms with Gasteiger partial charge in [-0.3, -0.25) is 4.79 Å². The lowest BCUT2D eigenvalue weighted by Gasteiger charge is -2.18. The molecule has 0 saturated heterocycles. The fourth-order valence-electron chi connectivity index (χ4n) is 2.65. The summed E-state index contributed by atoms with van der Waals surface area (Å²) in [6.45, 7) is 5.63. The molecule has 2 aromatic carbocycles. The predicted octanol–water partition coefficient (Wildman–Crippen LogP) is 5.71. The number of hydrogen-bond acceptors (Lipinski definition) is 5. The quantitative estimate of drug-likeness (QED) is 0.502. The molecule has 1 aromatic heterocycles. The zero-order valence-electron chi connectivity index (χ0n) is 15.6. The number of hydrogen-bond donors (Lipinski definition) is 1. The van der Waals surface area contributed by atoms with Crippen molar-refractivity contribution >= 4 is 40.9 Å². The lowest BCUT2D eigenvalue weighted by molar-refractivity contribution is -0.120. The summed E-state index contributed by atoms with van der Waals surface area (Å²) in [6.07, 6.45) is 0. The van der Waals surface area contributed by atoms with Crippen molar-refractivity contribution in [1.82, 2.24) is 15.5 Å². The maximum Gasteiger partial charge on any atom is 0.277 e. The van der Waals surface area contributed by atoms with Gasteiger partial charge in [0.05, 0.1) is 11.3 Å². The molecule has 0 saturated carbocycles. The zero-order chi connectivity index (χ0) is 20.3. The molecule has 0 bridgehead atoms. The number of aromatic nitrogens is 2. The van der Waals surface area contributed by atoms with Gasteiger partial charge in [-0.2, -0.15) is 0 Å². The van der Waals surface area contributed by atoms with Crippen LogP contribution in [0, 0.1) is 6.92 Å². The Morgan fingerprint density at radius 1 is 1.14 bits per heavy atom. The van der Waals surface area contributed by atoms with Gasteiger partial charge >= 0.3 is 0 Å². The van der Waals surface area contributed by atoms with E-state index in [0.29, 0.717) is 21.2 Å². The van der Waals surface area contributed by atoms with Gasteiger partial charge in [0.15, 0.2) is 0 Å². The van der Waals surface area contributed by atoms with Gasteiger partial charge < -0.3 is 9.73 Å². The normalized spacial score (nSPS) is 13.2. The van der Waals surface area contributed by atoms with E-state index in [1.54, 1.807) is 25.1 Å². The average Bonchev–Trinajstić information content (AvgIpc) is 3.10. The van der Waals surface area contributed by atoms with Gasteiger partial charge in [0.2, 0.25) is 11.8 Å². The van der Waals surface area contributed by atoms with Gasteiger partial charge in [0.1, 0.15) is 0 Å². The van der Waals surface area contributed by atoms with Crippen LogP contribution in [0.2, 0.25) is 10.0 Å². The molecule has 1 N–H and O–H groups in total. The monoisotopic (exact) mass is 435 g/mol. The number of thioether (sulfide) groups is 1. The summed E-state index contributed by atoms with van der Waals surface area (Å²) in [5, 5.41) is 12.1. The van der Waals surface area contributed by atoms with Crippen LogP contribution in [0.15, 0.2) is 52.1 Å². The molecule has 2 atom stereocenters. The van der Waals surface area contributed by atoms with Crippen LogP contribution in [-0.4, -0.2) is 21.4 Å². The summed E-state index contributed by atoms with van der Waals surface area (Å²) < 4.78 is 5.72. The fourth-order valence-corrected chi connectivity index (χ4v) is 3.91. The molecule has 0 unspecified atom stereocenters. The molecule has 3 aromatic rings. The van der Waals surface area contributed by atoms with Crippen LogP contribution in [0.5, 0.6) is 0 Å². The number of carbonyl (C=O) groups is 1. The third-order valence-electron chi connectivity index (χ3n) is 4.22. The number of benzene rings is 2. The van der Waals surface area contributed by atoms with Crippen molar-refractivity contribution < 1.29 is 9.21 Å². The van der Waals surface area contributed by atoms with E-state index in [9.17, 15) is 4.79 Å². The summed E-state index contributed by atoms with van der Waals surface area (Å²) in [7, 11) is 0. The second-order valence-corrected chi connectivity index (χ2v) is 8.48. The van der Waals surface area contributed by atoms with E-state index < -0.39 is 5.25 Å². The Morgan fingerprint density at radius 2 is 1.89 bits per heavy atom. The molecule has 0 aliphatic heterocycles. The molecule has 146 valence electrons. The summed E-state index contributed by atoms with van der Waals surface area (Å²) in [6, 6.07) is 12.7. The Bertz CT molecular complexity index is 993. The minimum absolute atomic E-state index is 0.154. The highest BCUT2D eigenvalue weighted by Gasteiger charge is 2.21. The van der Waals surface area contributed by atoms with Crippen LogP contribution in [-0.2, 0) is 4.79 Å². The number of halogens is 2. The van der Waals surface area contributed by atoms with Crippen LogP contribution in [0.3, 0.4) is 0 Å². The lowest BCUT2D eigenvalue weighted by Crippen LogP contribution is -2.33. The molecule has 8 heteroatoms. The summed E-state index contributed by atoms with van der Waals surface area (Å²) >= 11 is 13.4. The Morgan fingerprint density at radius 3 is 2.61 bits per heavy atom. The Kier molecular flexibility index (Phi) is 6.65. The standard InChI is InChI=1S/C20H19Cl2N3O2S/c1-11-6-4-5-7-15(11)19-24-25-20(27-19)28-13(3)18(26)23-12(2)16-9-8-14(21)10-17(16)22/h4-10,12-13H,1-3H3,(H,23,26)/t12-,13-/m1/s1. The summed E-state index contributed by atoms with van der Waals surface area (Å²) in [5.74, 6) is 0.286. The molecule has 5 nitrogen and oxygen atoms in total. The average molecular weight is 436 g/mol. The number of amides is 1. The number of nitrogens with one attached hydrogen (secondary N) is 1. The van der Waals surface area contributed by atoms with Crippen LogP contribution >= 0.6 is 35.0 Å². The fraction of sp³-hybridized carbons (Fsp3) is 0.250. The highest BCUT2D eigenvalue weighted by atomic mass is 35.5. The molecular formula is C20H19Cl2N3O2S. The number of nitrogens with zero attached hydrogens (tertiary/aromatic N) is 2. The van der Waals surface area contributed by atoms with E-state index in [4.69, 9.17) is 27.6 Å². The Labute approximate surface area is 177 Å². The highest BCUT2D eigenvalue weighted by molar-refractivity contribution is 8.00. The number of carbonyl (C=O) groups excluding carboxylic acids is 1. The van der Waals surface area contributed by atoms with Crippen LogP contribution < -0.4 is 5.32 Å². The lowest BCUT2D eigenvalue weighted by atomic mass is 10.1. The topological polar surface area (TPSA) is 68.0 Å². The van der Waals surface area contributed by atoms with Crippen molar-refractivity contribution in [3.8, 4) is 11.5 Å². The maximum atomic E-state index is 12.5. The largest absolute Gasteiger partial charge is 0.411 e. The third kappa shape index (κ3) is 4.87. The van der Waals surface area contributed by atoms with Gasteiger partial charge in [-0.25, -0.2) is 0 Å². The second kappa shape index (κ2) is 8.99. The Hall–Kier alpha value is -2.02.